The van der Waals surface area contributed by atoms with Crippen molar-refractivity contribution in [3.63, 3.8) is 0 Å². The third-order valence-corrected chi connectivity index (χ3v) is 7.12. The molecule has 0 radical (unpaired) electrons. The van der Waals surface area contributed by atoms with Crippen molar-refractivity contribution in [1.29, 1.82) is 0 Å². The highest BCUT2D eigenvalue weighted by atomic mass is 32.2. The number of amides is 1. The van der Waals surface area contributed by atoms with Gasteiger partial charge in [-0.1, -0.05) is 17.8 Å². The van der Waals surface area contributed by atoms with Crippen molar-refractivity contribution < 1.29 is 50.5 Å². The maximum absolute atomic E-state index is 14.1. The van der Waals surface area contributed by atoms with E-state index in [4.69, 9.17) is 14.6 Å². The Morgan fingerprint density at radius 3 is 2.16 bits per heavy atom. The fourth-order valence-corrected chi connectivity index (χ4v) is 5.25. The molecule has 1 saturated heterocycles. The van der Waals surface area contributed by atoms with Gasteiger partial charge >= 0.3 is 18.3 Å². The van der Waals surface area contributed by atoms with Crippen molar-refractivity contribution in [1.82, 2.24) is 4.90 Å². The number of carboxylic acids is 1. The minimum Gasteiger partial charge on any atom is -0.486 e. The Balaban J connectivity index is 1.66. The van der Waals surface area contributed by atoms with Crippen LogP contribution in [0.2, 0.25) is 0 Å². The smallest absolute Gasteiger partial charge is 0.418 e. The summed E-state index contributed by atoms with van der Waals surface area (Å²) in [5.41, 5.74) is -4.58. The van der Waals surface area contributed by atoms with E-state index in [0.717, 1.165) is 18.2 Å². The number of fused-ring (bicyclic) bond motifs is 1. The summed E-state index contributed by atoms with van der Waals surface area (Å²) in [6, 6.07) is 6.11. The van der Waals surface area contributed by atoms with Crippen molar-refractivity contribution in [2.75, 3.05) is 26.3 Å². The first-order valence-corrected chi connectivity index (χ1v) is 12.2. The number of likely N-dealkylation sites (tertiary alicyclic amines) is 1. The Morgan fingerprint density at radius 1 is 0.921 bits per heavy atom. The van der Waals surface area contributed by atoms with E-state index >= 15 is 0 Å². The summed E-state index contributed by atoms with van der Waals surface area (Å²) >= 11 is 0.500. The molecule has 0 atom stereocenters. The Hall–Kier alpha value is -3.35. The average Bonchev–Trinajstić information content (AvgIpc) is 2.86. The van der Waals surface area contributed by atoms with Gasteiger partial charge in [0.1, 0.15) is 13.2 Å². The van der Waals surface area contributed by atoms with Gasteiger partial charge in [-0.3, -0.25) is 9.59 Å². The SMILES string of the molecule is O=C(O)C1CCN(C(=O)/C=C/c2ccc(Sc3ccc4c(c3)OCCO4)c(C(F)(F)F)c2C(F)(F)F)CC1. The van der Waals surface area contributed by atoms with Crippen LogP contribution < -0.4 is 9.47 Å². The highest BCUT2D eigenvalue weighted by Gasteiger charge is 2.46. The van der Waals surface area contributed by atoms with Gasteiger partial charge in [-0.25, -0.2) is 0 Å². The molecule has 1 N–H and O–H groups in total. The number of carboxylic acid groups (broad SMARTS) is 1. The quantitative estimate of drug-likeness (QED) is 0.358. The van der Waals surface area contributed by atoms with E-state index in [0.29, 0.717) is 30.2 Å². The van der Waals surface area contributed by atoms with Crippen molar-refractivity contribution in [2.24, 2.45) is 5.92 Å². The van der Waals surface area contributed by atoms with Crippen LogP contribution in [0.15, 0.2) is 46.2 Å². The number of ether oxygens (including phenoxy) is 2. The van der Waals surface area contributed by atoms with Crippen molar-refractivity contribution in [2.45, 2.75) is 35.0 Å². The second kappa shape index (κ2) is 10.8. The van der Waals surface area contributed by atoms with Gasteiger partial charge in [-0.05, 0) is 48.7 Å². The molecule has 1 amide bonds. The second-order valence-corrected chi connectivity index (χ2v) is 9.69. The van der Waals surface area contributed by atoms with E-state index in [1.807, 2.05) is 0 Å². The van der Waals surface area contributed by atoms with Gasteiger partial charge in [0.25, 0.3) is 0 Å². The normalized spacial score (nSPS) is 16.6. The van der Waals surface area contributed by atoms with Crippen LogP contribution >= 0.6 is 11.8 Å². The van der Waals surface area contributed by atoms with Gasteiger partial charge in [-0.15, -0.1) is 0 Å². The highest BCUT2D eigenvalue weighted by Crippen LogP contribution is 2.48. The minimum atomic E-state index is -5.38. The standard InChI is InChI=1S/C25H21F6NO5S/c26-24(27,28)21-14(2-6-20(33)32-9-7-15(8-10-32)23(34)35)1-5-19(22(21)25(29,30)31)38-16-3-4-17-18(13-16)37-12-11-36-17/h1-6,13,15H,7-12H2,(H,34,35)/b6-2+. The Labute approximate surface area is 217 Å². The van der Waals surface area contributed by atoms with Gasteiger partial charge in [0.15, 0.2) is 11.5 Å². The molecule has 2 aromatic rings. The zero-order valence-electron chi connectivity index (χ0n) is 19.6. The first kappa shape index (κ1) is 27.7. The lowest BCUT2D eigenvalue weighted by Gasteiger charge is -2.29. The molecule has 2 aromatic carbocycles. The fourth-order valence-electron chi connectivity index (χ4n) is 4.24. The molecule has 13 heteroatoms. The first-order valence-electron chi connectivity index (χ1n) is 11.4. The van der Waals surface area contributed by atoms with Crippen molar-refractivity contribution in [3.05, 3.63) is 53.1 Å². The lowest BCUT2D eigenvalue weighted by Crippen LogP contribution is -2.39. The summed E-state index contributed by atoms with van der Waals surface area (Å²) in [6.07, 6.45) is -8.90. The molecule has 2 heterocycles. The number of benzene rings is 2. The summed E-state index contributed by atoms with van der Waals surface area (Å²) in [7, 11) is 0. The second-order valence-electron chi connectivity index (χ2n) is 8.58. The molecule has 0 aromatic heterocycles. The summed E-state index contributed by atoms with van der Waals surface area (Å²) in [6.45, 7) is 0.672. The van der Waals surface area contributed by atoms with E-state index < -0.39 is 51.7 Å². The monoisotopic (exact) mass is 561 g/mol. The molecular formula is C25H21F6NO5S. The lowest BCUT2D eigenvalue weighted by atomic mass is 9.97. The molecule has 2 aliphatic heterocycles. The molecule has 0 spiro atoms. The molecule has 204 valence electrons. The first-order chi connectivity index (χ1) is 17.8. The number of rotatable bonds is 5. The maximum atomic E-state index is 14.1. The number of alkyl halides is 6. The molecule has 0 saturated carbocycles. The predicted molar refractivity (Wildman–Crippen MR) is 124 cm³/mol. The van der Waals surface area contributed by atoms with Crippen LogP contribution in [0.3, 0.4) is 0 Å². The fraction of sp³-hybridized carbons (Fsp3) is 0.360. The van der Waals surface area contributed by atoms with E-state index in [9.17, 15) is 35.9 Å². The van der Waals surface area contributed by atoms with E-state index in [1.165, 1.54) is 23.1 Å². The summed E-state index contributed by atoms with van der Waals surface area (Å²) in [4.78, 5) is 24.3. The number of carbonyl (C=O) groups excluding carboxylic acids is 1. The summed E-state index contributed by atoms with van der Waals surface area (Å²) in [5.74, 6) is -1.70. The largest absolute Gasteiger partial charge is 0.486 e. The van der Waals surface area contributed by atoms with Crippen LogP contribution in [-0.2, 0) is 21.9 Å². The molecule has 1 fully saturated rings. The molecule has 2 aliphatic rings. The minimum absolute atomic E-state index is 0.0746. The molecule has 0 aliphatic carbocycles. The zero-order valence-corrected chi connectivity index (χ0v) is 20.4. The Morgan fingerprint density at radius 2 is 1.55 bits per heavy atom. The number of piperidine rings is 1. The zero-order chi connectivity index (χ0) is 27.7. The third-order valence-electron chi connectivity index (χ3n) is 6.07. The van der Waals surface area contributed by atoms with Gasteiger partial charge < -0.3 is 19.5 Å². The van der Waals surface area contributed by atoms with Crippen LogP contribution in [0.1, 0.15) is 29.5 Å². The predicted octanol–water partition coefficient (Wildman–Crippen LogP) is 5.98. The number of nitrogens with zero attached hydrogens (tertiary/aromatic N) is 1. The molecule has 38 heavy (non-hydrogen) atoms. The number of halogens is 6. The van der Waals surface area contributed by atoms with Crippen LogP contribution in [0.25, 0.3) is 6.08 Å². The van der Waals surface area contributed by atoms with Gasteiger partial charge in [0, 0.05) is 29.0 Å². The topological polar surface area (TPSA) is 76.1 Å². The number of carbonyl (C=O) groups is 2. The van der Waals surface area contributed by atoms with E-state index in [2.05, 4.69) is 0 Å². The number of hydrogen-bond donors (Lipinski definition) is 1. The lowest BCUT2D eigenvalue weighted by molar-refractivity contribution is -0.163. The van der Waals surface area contributed by atoms with Crippen LogP contribution in [-0.4, -0.2) is 48.2 Å². The average molecular weight is 562 g/mol. The summed E-state index contributed by atoms with van der Waals surface area (Å²) in [5, 5.41) is 9.05. The van der Waals surface area contributed by atoms with E-state index in [-0.39, 0.29) is 43.2 Å². The van der Waals surface area contributed by atoms with Gasteiger partial charge in [0.2, 0.25) is 5.91 Å². The maximum Gasteiger partial charge on any atom is 0.418 e. The summed E-state index contributed by atoms with van der Waals surface area (Å²) < 4.78 is 95.2. The number of aliphatic carboxylic acids is 1. The van der Waals surface area contributed by atoms with Gasteiger partial charge in [-0.2, -0.15) is 26.3 Å². The van der Waals surface area contributed by atoms with Crippen LogP contribution in [0.5, 0.6) is 11.5 Å². The number of hydrogen-bond acceptors (Lipinski definition) is 5. The van der Waals surface area contributed by atoms with Gasteiger partial charge in [0.05, 0.1) is 17.0 Å². The third kappa shape index (κ3) is 6.20. The van der Waals surface area contributed by atoms with Crippen LogP contribution in [0.4, 0.5) is 26.3 Å². The molecular weight excluding hydrogens is 540 g/mol. The Bertz CT molecular complexity index is 1250. The van der Waals surface area contributed by atoms with Crippen molar-refractivity contribution >= 4 is 29.7 Å². The van der Waals surface area contributed by atoms with Crippen LogP contribution in [0, 0.1) is 5.92 Å². The highest BCUT2D eigenvalue weighted by molar-refractivity contribution is 7.99. The Kier molecular flexibility index (Phi) is 7.86. The van der Waals surface area contributed by atoms with Crippen molar-refractivity contribution in [3.8, 4) is 11.5 Å². The molecule has 4 rings (SSSR count). The molecule has 0 unspecified atom stereocenters. The van der Waals surface area contributed by atoms with E-state index in [1.54, 1.807) is 0 Å². The molecule has 0 bridgehead atoms. The molecule has 6 nitrogen and oxygen atoms in total.